The number of nitrogens with one attached hydrogen (secondary N) is 2. The minimum absolute atomic E-state index is 0.0243. The summed E-state index contributed by atoms with van der Waals surface area (Å²) in [6.45, 7) is 1.77. The molecule has 1 fully saturated rings. The van der Waals surface area contributed by atoms with Gasteiger partial charge in [0.1, 0.15) is 0 Å². The summed E-state index contributed by atoms with van der Waals surface area (Å²) in [6, 6.07) is 7.18. The van der Waals surface area contributed by atoms with Crippen LogP contribution in [-0.2, 0) is 9.59 Å². The summed E-state index contributed by atoms with van der Waals surface area (Å²) >= 11 is 0. The summed E-state index contributed by atoms with van der Waals surface area (Å²) in [4.78, 5) is 23.3. The first-order chi connectivity index (χ1) is 10.6. The Balaban J connectivity index is 1.61. The van der Waals surface area contributed by atoms with Gasteiger partial charge in [-0.1, -0.05) is 6.07 Å². The molecule has 22 heavy (non-hydrogen) atoms. The van der Waals surface area contributed by atoms with E-state index in [2.05, 4.69) is 26.2 Å². The van der Waals surface area contributed by atoms with Crippen molar-refractivity contribution in [2.75, 3.05) is 11.9 Å². The zero-order chi connectivity index (χ0) is 15.5. The van der Waals surface area contributed by atoms with Gasteiger partial charge in [-0.2, -0.15) is 4.68 Å². The van der Waals surface area contributed by atoms with E-state index in [1.165, 1.54) is 0 Å². The Morgan fingerprint density at radius 1 is 1.36 bits per heavy atom. The number of aromatic nitrogens is 4. The van der Waals surface area contributed by atoms with Gasteiger partial charge in [0.15, 0.2) is 5.82 Å². The number of carbonyl (C=O) groups is 2. The molecular weight excluding hydrogens is 284 g/mol. The van der Waals surface area contributed by atoms with Crippen LogP contribution >= 0.6 is 0 Å². The second-order valence-electron chi connectivity index (χ2n) is 5.23. The highest BCUT2D eigenvalue weighted by atomic mass is 16.2. The largest absolute Gasteiger partial charge is 0.347 e. The minimum atomic E-state index is -0.264. The molecule has 0 bridgehead atoms. The SMILES string of the molecule is Cc1nnnn1-c1cccc(NC(=O)CNC(=O)C2CC2)c1. The highest BCUT2D eigenvalue weighted by Crippen LogP contribution is 2.28. The molecule has 1 aliphatic carbocycles. The van der Waals surface area contributed by atoms with Crippen molar-refractivity contribution in [2.45, 2.75) is 19.8 Å². The van der Waals surface area contributed by atoms with Crippen molar-refractivity contribution < 1.29 is 9.59 Å². The van der Waals surface area contributed by atoms with Crippen molar-refractivity contribution in [1.82, 2.24) is 25.5 Å². The molecule has 2 N–H and O–H groups in total. The fourth-order valence-electron chi connectivity index (χ4n) is 2.05. The number of amides is 2. The third-order valence-corrected chi connectivity index (χ3v) is 3.37. The van der Waals surface area contributed by atoms with Crippen molar-refractivity contribution in [2.24, 2.45) is 5.92 Å². The quantitative estimate of drug-likeness (QED) is 0.834. The van der Waals surface area contributed by atoms with Crippen molar-refractivity contribution in [3.8, 4) is 5.69 Å². The van der Waals surface area contributed by atoms with E-state index in [0.29, 0.717) is 11.5 Å². The predicted octanol–water partition coefficient (Wildman–Crippen LogP) is 0.435. The van der Waals surface area contributed by atoms with Crippen molar-refractivity contribution in [1.29, 1.82) is 0 Å². The second-order valence-corrected chi connectivity index (χ2v) is 5.23. The van der Waals surface area contributed by atoms with Crippen LogP contribution in [0, 0.1) is 12.8 Å². The Hall–Kier alpha value is -2.77. The van der Waals surface area contributed by atoms with Gasteiger partial charge < -0.3 is 10.6 Å². The summed E-state index contributed by atoms with van der Waals surface area (Å²) in [5.74, 6) is 0.437. The Morgan fingerprint density at radius 3 is 2.86 bits per heavy atom. The van der Waals surface area contributed by atoms with Crippen molar-refractivity contribution >= 4 is 17.5 Å². The van der Waals surface area contributed by atoms with E-state index in [1.54, 1.807) is 29.8 Å². The molecule has 3 rings (SSSR count). The Bertz CT molecular complexity index is 707. The van der Waals surface area contributed by atoms with Crippen LogP contribution in [0.15, 0.2) is 24.3 Å². The van der Waals surface area contributed by atoms with Gasteiger partial charge in [-0.3, -0.25) is 9.59 Å². The van der Waals surface area contributed by atoms with Gasteiger partial charge in [0.05, 0.1) is 12.2 Å². The number of rotatable bonds is 5. The smallest absolute Gasteiger partial charge is 0.243 e. The van der Waals surface area contributed by atoms with Gasteiger partial charge in [0.25, 0.3) is 0 Å². The van der Waals surface area contributed by atoms with Crippen LogP contribution in [0.25, 0.3) is 5.69 Å². The van der Waals surface area contributed by atoms with E-state index >= 15 is 0 Å². The molecule has 0 saturated heterocycles. The van der Waals surface area contributed by atoms with Crippen LogP contribution in [0.2, 0.25) is 0 Å². The Morgan fingerprint density at radius 2 is 2.18 bits per heavy atom. The maximum Gasteiger partial charge on any atom is 0.243 e. The first kappa shape index (κ1) is 14.2. The molecule has 0 radical (unpaired) electrons. The van der Waals surface area contributed by atoms with Gasteiger partial charge in [-0.05, 0) is 48.4 Å². The third kappa shape index (κ3) is 3.27. The predicted molar refractivity (Wildman–Crippen MR) is 78.3 cm³/mol. The van der Waals surface area contributed by atoms with Crippen LogP contribution < -0.4 is 10.6 Å². The molecule has 0 aliphatic heterocycles. The van der Waals surface area contributed by atoms with E-state index in [4.69, 9.17) is 0 Å². The Labute approximate surface area is 126 Å². The number of anilines is 1. The number of aryl methyl sites for hydroxylation is 1. The third-order valence-electron chi connectivity index (χ3n) is 3.37. The lowest BCUT2D eigenvalue weighted by molar-refractivity contribution is -0.125. The van der Waals surface area contributed by atoms with Gasteiger partial charge in [-0.25, -0.2) is 0 Å². The zero-order valence-corrected chi connectivity index (χ0v) is 12.1. The number of benzene rings is 1. The van der Waals surface area contributed by atoms with Gasteiger partial charge in [0.2, 0.25) is 11.8 Å². The average molecular weight is 300 g/mol. The highest BCUT2D eigenvalue weighted by molar-refractivity contribution is 5.95. The van der Waals surface area contributed by atoms with Crippen LogP contribution in [0.1, 0.15) is 18.7 Å². The molecule has 1 aliphatic rings. The first-order valence-corrected chi connectivity index (χ1v) is 7.06. The average Bonchev–Trinajstić information content (AvgIpc) is 3.27. The summed E-state index contributed by atoms with van der Waals surface area (Å²) in [7, 11) is 0. The van der Waals surface area contributed by atoms with Crippen LogP contribution in [-0.4, -0.2) is 38.6 Å². The Kier molecular flexibility index (Phi) is 3.82. The van der Waals surface area contributed by atoms with Gasteiger partial charge in [-0.15, -0.1) is 5.10 Å². The number of tetrazole rings is 1. The standard InChI is InChI=1S/C14H16N6O2/c1-9-17-18-19-20(9)12-4-2-3-11(7-12)16-13(21)8-15-14(22)10-5-6-10/h2-4,7,10H,5-6,8H2,1H3,(H,15,22)(H,16,21). The maximum atomic E-state index is 11.9. The molecule has 0 spiro atoms. The number of carbonyl (C=O) groups excluding carboxylic acids is 2. The van der Waals surface area contributed by atoms with Gasteiger partial charge >= 0.3 is 0 Å². The minimum Gasteiger partial charge on any atom is -0.347 e. The summed E-state index contributed by atoms with van der Waals surface area (Å²) in [6.07, 6.45) is 1.83. The molecule has 2 amide bonds. The zero-order valence-electron chi connectivity index (χ0n) is 12.1. The molecule has 8 nitrogen and oxygen atoms in total. The number of nitrogens with zero attached hydrogens (tertiary/aromatic N) is 4. The molecule has 0 atom stereocenters. The lowest BCUT2D eigenvalue weighted by Gasteiger charge is -2.08. The van der Waals surface area contributed by atoms with E-state index in [9.17, 15) is 9.59 Å². The molecule has 1 aromatic heterocycles. The number of hydrogen-bond donors (Lipinski definition) is 2. The van der Waals surface area contributed by atoms with Crippen LogP contribution in [0.5, 0.6) is 0 Å². The lowest BCUT2D eigenvalue weighted by Crippen LogP contribution is -2.33. The molecule has 8 heteroatoms. The van der Waals surface area contributed by atoms with Crippen LogP contribution in [0.4, 0.5) is 5.69 Å². The molecule has 0 unspecified atom stereocenters. The topological polar surface area (TPSA) is 102 Å². The molecule has 1 aromatic carbocycles. The van der Waals surface area contributed by atoms with E-state index in [0.717, 1.165) is 18.5 Å². The fraction of sp³-hybridized carbons (Fsp3) is 0.357. The lowest BCUT2D eigenvalue weighted by atomic mass is 10.2. The van der Waals surface area contributed by atoms with Crippen molar-refractivity contribution in [3.63, 3.8) is 0 Å². The van der Waals surface area contributed by atoms with Crippen LogP contribution in [0.3, 0.4) is 0 Å². The summed E-state index contributed by atoms with van der Waals surface area (Å²) < 4.78 is 1.57. The first-order valence-electron chi connectivity index (χ1n) is 7.06. The number of hydrogen-bond acceptors (Lipinski definition) is 5. The second kappa shape index (κ2) is 5.92. The molecule has 1 heterocycles. The van der Waals surface area contributed by atoms with E-state index in [1.807, 2.05) is 6.07 Å². The molecule has 114 valence electrons. The normalized spacial score (nSPS) is 13.7. The monoisotopic (exact) mass is 300 g/mol. The molecule has 2 aromatic rings. The molecule has 1 saturated carbocycles. The van der Waals surface area contributed by atoms with Crippen molar-refractivity contribution in [3.05, 3.63) is 30.1 Å². The fourth-order valence-corrected chi connectivity index (χ4v) is 2.05. The molecular formula is C14H16N6O2. The summed E-state index contributed by atoms with van der Waals surface area (Å²) in [5.41, 5.74) is 1.38. The maximum absolute atomic E-state index is 11.9. The highest BCUT2D eigenvalue weighted by Gasteiger charge is 2.29. The summed E-state index contributed by atoms with van der Waals surface area (Å²) in [5, 5.41) is 16.7. The van der Waals surface area contributed by atoms with E-state index in [-0.39, 0.29) is 24.3 Å². The van der Waals surface area contributed by atoms with E-state index < -0.39 is 0 Å². The van der Waals surface area contributed by atoms with Gasteiger partial charge in [0, 0.05) is 11.6 Å².